The fourth-order valence-corrected chi connectivity index (χ4v) is 2.40. The lowest BCUT2D eigenvalue weighted by Gasteiger charge is -2.12. The number of aryl methyl sites for hydroxylation is 4. The maximum Gasteiger partial charge on any atom is -0.0178 e. The van der Waals surface area contributed by atoms with E-state index in [0.29, 0.717) is 0 Å². The topological polar surface area (TPSA) is 0 Å². The van der Waals surface area contributed by atoms with E-state index in [0.717, 1.165) is 0 Å². The van der Waals surface area contributed by atoms with Gasteiger partial charge >= 0.3 is 0 Å². The average Bonchev–Trinajstić information content (AvgIpc) is 2.53. The number of hydrogen-bond donors (Lipinski definition) is 0. The first-order valence-electron chi connectivity index (χ1n) is 8.56. The molecule has 0 aromatic heterocycles. The van der Waals surface area contributed by atoms with E-state index in [1.165, 1.54) is 44.5 Å². The van der Waals surface area contributed by atoms with Crippen LogP contribution in [0.1, 0.15) is 61.1 Å². The third-order valence-electron chi connectivity index (χ3n) is 4.19. The van der Waals surface area contributed by atoms with Crippen LogP contribution in [0, 0.1) is 41.5 Å². The molecule has 2 rings (SSSR count). The van der Waals surface area contributed by atoms with Crippen molar-refractivity contribution >= 4 is 0 Å². The predicted molar refractivity (Wildman–Crippen MR) is 103 cm³/mol. The minimum atomic E-state index is 1.34. The Morgan fingerprint density at radius 1 is 0.409 bits per heavy atom. The molecule has 22 heavy (non-hydrogen) atoms. The molecule has 2 aromatic carbocycles. The zero-order valence-corrected chi connectivity index (χ0v) is 16.3. The average molecular weight is 299 g/mol. The molecule has 0 atom stereocenters. The van der Waals surface area contributed by atoms with Crippen molar-refractivity contribution in [3.63, 3.8) is 0 Å². The van der Waals surface area contributed by atoms with Gasteiger partial charge in [-0.1, -0.05) is 52.0 Å². The van der Waals surface area contributed by atoms with Crippen LogP contribution in [0.25, 0.3) is 11.1 Å². The van der Waals surface area contributed by atoms with Crippen LogP contribution in [0.5, 0.6) is 0 Å². The largest absolute Gasteiger partial charge is 0.0683 e. The lowest BCUT2D eigenvalue weighted by molar-refractivity contribution is 1.25. The first kappa shape index (κ1) is 20.4. The summed E-state index contributed by atoms with van der Waals surface area (Å²) in [6.07, 6.45) is 0. The molecule has 0 aliphatic heterocycles. The quantitative estimate of drug-likeness (QED) is 0.520. The minimum absolute atomic E-state index is 1.34. The maximum absolute atomic E-state index is 2.30. The van der Waals surface area contributed by atoms with E-state index in [1.54, 1.807) is 0 Å². The zero-order valence-electron chi connectivity index (χ0n) is 16.3. The molecular weight excluding hydrogens is 264 g/mol. The molecule has 0 fully saturated rings. The Kier molecular flexibility index (Phi) is 8.79. The molecule has 0 aliphatic rings. The van der Waals surface area contributed by atoms with E-state index in [9.17, 15) is 0 Å². The highest BCUT2D eigenvalue weighted by Gasteiger charge is 2.06. The standard InChI is InChI=1S/C18H22.2C2H6/c1-11-7-17(8-12(2)15(11)5)18-9-13(3)16(6)14(4)10-18;2*1-2/h7-10H,1-6H3;2*1-2H3. The fraction of sp³-hybridized carbons (Fsp3) is 0.455. The van der Waals surface area contributed by atoms with Gasteiger partial charge in [-0.25, -0.2) is 0 Å². The summed E-state index contributed by atoms with van der Waals surface area (Å²) in [5.41, 5.74) is 11.0. The highest BCUT2D eigenvalue weighted by Crippen LogP contribution is 2.28. The van der Waals surface area contributed by atoms with Gasteiger partial charge in [0.1, 0.15) is 0 Å². The molecule has 122 valence electrons. The van der Waals surface area contributed by atoms with Gasteiger partial charge in [0.2, 0.25) is 0 Å². The van der Waals surface area contributed by atoms with E-state index in [4.69, 9.17) is 0 Å². The molecule has 0 saturated carbocycles. The molecule has 0 saturated heterocycles. The Balaban J connectivity index is 0.00000102. The van der Waals surface area contributed by atoms with Crippen molar-refractivity contribution in [3.8, 4) is 11.1 Å². The van der Waals surface area contributed by atoms with Gasteiger partial charge < -0.3 is 0 Å². The third-order valence-corrected chi connectivity index (χ3v) is 4.19. The third kappa shape index (κ3) is 4.73. The first-order chi connectivity index (χ1) is 10.4. The Hall–Kier alpha value is -1.56. The van der Waals surface area contributed by atoms with Gasteiger partial charge in [-0.3, -0.25) is 0 Å². The van der Waals surface area contributed by atoms with Gasteiger partial charge in [0.25, 0.3) is 0 Å². The van der Waals surface area contributed by atoms with E-state index >= 15 is 0 Å². The summed E-state index contributed by atoms with van der Waals surface area (Å²) in [5.74, 6) is 0. The molecule has 0 heterocycles. The summed E-state index contributed by atoms with van der Waals surface area (Å²) in [5, 5.41) is 0. The molecule has 0 heteroatoms. The van der Waals surface area contributed by atoms with Gasteiger partial charge in [0.15, 0.2) is 0 Å². The summed E-state index contributed by atoms with van der Waals surface area (Å²) in [4.78, 5) is 0. The Morgan fingerprint density at radius 2 is 0.591 bits per heavy atom. The summed E-state index contributed by atoms with van der Waals surface area (Å²) in [7, 11) is 0. The van der Waals surface area contributed by atoms with Crippen LogP contribution in [-0.4, -0.2) is 0 Å². The summed E-state index contributed by atoms with van der Waals surface area (Å²) < 4.78 is 0. The van der Waals surface area contributed by atoms with Gasteiger partial charge in [0.05, 0.1) is 0 Å². The second-order valence-corrected chi connectivity index (χ2v) is 5.47. The van der Waals surface area contributed by atoms with Crippen molar-refractivity contribution in [1.82, 2.24) is 0 Å². The van der Waals surface area contributed by atoms with E-state index in [-0.39, 0.29) is 0 Å². The molecule has 0 aliphatic carbocycles. The van der Waals surface area contributed by atoms with Crippen LogP contribution >= 0.6 is 0 Å². The molecule has 0 unspecified atom stereocenters. The zero-order chi connectivity index (χ0) is 17.4. The second-order valence-electron chi connectivity index (χ2n) is 5.47. The smallest absolute Gasteiger partial charge is 0.0178 e. The van der Waals surface area contributed by atoms with Crippen molar-refractivity contribution in [2.45, 2.75) is 69.2 Å². The number of benzene rings is 2. The van der Waals surface area contributed by atoms with Crippen molar-refractivity contribution in [2.75, 3.05) is 0 Å². The molecular formula is C22H34. The fourth-order valence-electron chi connectivity index (χ4n) is 2.40. The van der Waals surface area contributed by atoms with Crippen LogP contribution in [0.4, 0.5) is 0 Å². The van der Waals surface area contributed by atoms with Gasteiger partial charge in [-0.05, 0) is 86.1 Å². The summed E-state index contributed by atoms with van der Waals surface area (Å²) >= 11 is 0. The summed E-state index contributed by atoms with van der Waals surface area (Å²) in [6, 6.07) is 9.19. The predicted octanol–water partition coefficient (Wildman–Crippen LogP) is 7.26. The van der Waals surface area contributed by atoms with Crippen LogP contribution in [0.15, 0.2) is 24.3 Å². The van der Waals surface area contributed by atoms with E-state index < -0.39 is 0 Å². The molecule has 0 radical (unpaired) electrons. The van der Waals surface area contributed by atoms with Gasteiger partial charge in [0, 0.05) is 0 Å². The molecule has 0 bridgehead atoms. The van der Waals surface area contributed by atoms with E-state index in [1.807, 2.05) is 27.7 Å². The molecule has 0 N–H and O–H groups in total. The van der Waals surface area contributed by atoms with Crippen LogP contribution in [0.2, 0.25) is 0 Å². The maximum atomic E-state index is 2.30. The lowest BCUT2D eigenvalue weighted by Crippen LogP contribution is -1.92. The van der Waals surface area contributed by atoms with Gasteiger partial charge in [-0.2, -0.15) is 0 Å². The Bertz CT molecular complexity index is 502. The first-order valence-corrected chi connectivity index (χ1v) is 8.56. The van der Waals surface area contributed by atoms with Crippen LogP contribution < -0.4 is 0 Å². The van der Waals surface area contributed by atoms with Crippen LogP contribution in [-0.2, 0) is 0 Å². The van der Waals surface area contributed by atoms with Crippen molar-refractivity contribution in [2.24, 2.45) is 0 Å². The highest BCUT2D eigenvalue weighted by atomic mass is 14.1. The minimum Gasteiger partial charge on any atom is -0.0683 e. The van der Waals surface area contributed by atoms with Gasteiger partial charge in [-0.15, -0.1) is 0 Å². The SMILES string of the molecule is CC.CC.Cc1cc(-c2cc(C)c(C)c(C)c2)cc(C)c1C. The lowest BCUT2D eigenvalue weighted by atomic mass is 9.93. The van der Waals surface area contributed by atoms with Crippen molar-refractivity contribution in [3.05, 3.63) is 57.6 Å². The molecule has 0 amide bonds. The molecule has 2 aromatic rings. The number of hydrogen-bond acceptors (Lipinski definition) is 0. The highest BCUT2D eigenvalue weighted by molar-refractivity contribution is 5.68. The molecule has 0 spiro atoms. The second kappa shape index (κ2) is 9.46. The van der Waals surface area contributed by atoms with E-state index in [2.05, 4.69) is 65.8 Å². The normalized spacial score (nSPS) is 9.36. The number of rotatable bonds is 1. The van der Waals surface area contributed by atoms with Crippen molar-refractivity contribution < 1.29 is 0 Å². The Labute approximate surface area is 138 Å². The Morgan fingerprint density at radius 3 is 0.773 bits per heavy atom. The van der Waals surface area contributed by atoms with Crippen LogP contribution in [0.3, 0.4) is 0 Å². The molecule has 0 nitrogen and oxygen atoms in total. The summed E-state index contributed by atoms with van der Waals surface area (Å²) in [6.45, 7) is 21.2. The monoisotopic (exact) mass is 298 g/mol. The van der Waals surface area contributed by atoms with Crippen molar-refractivity contribution in [1.29, 1.82) is 0 Å².